The molecule has 0 spiro atoms. The zero-order valence-electron chi connectivity index (χ0n) is 18.1. The van der Waals surface area contributed by atoms with E-state index < -0.39 is 11.1 Å². The number of aryl methyl sites for hydroxylation is 1. The van der Waals surface area contributed by atoms with E-state index in [1.54, 1.807) is 12.1 Å². The minimum absolute atomic E-state index is 0.105. The Labute approximate surface area is 184 Å². The number of hydrogen-bond donors (Lipinski definition) is 3. The Morgan fingerprint density at radius 3 is 2.61 bits per heavy atom. The molecule has 166 valence electrons. The van der Waals surface area contributed by atoms with E-state index in [0.29, 0.717) is 40.3 Å². The second-order valence-corrected chi connectivity index (χ2v) is 8.34. The smallest absolute Gasteiger partial charge is 0.256 e. The number of nitrogens with zero attached hydrogens (tertiary/aromatic N) is 1. The molecule has 1 aromatic heterocycles. The van der Waals surface area contributed by atoms with Gasteiger partial charge >= 0.3 is 0 Å². The molecule has 31 heavy (non-hydrogen) atoms. The Bertz CT molecular complexity index is 1070. The van der Waals surface area contributed by atoms with Gasteiger partial charge in [0.15, 0.2) is 0 Å². The van der Waals surface area contributed by atoms with Crippen LogP contribution >= 0.6 is 0 Å². The third kappa shape index (κ3) is 4.79. The Hall–Kier alpha value is -2.75. The van der Waals surface area contributed by atoms with Gasteiger partial charge in [-0.15, -0.1) is 0 Å². The van der Waals surface area contributed by atoms with Crippen LogP contribution in [0.5, 0.6) is 0 Å². The number of aromatic nitrogens is 1. The maximum Gasteiger partial charge on any atom is 0.256 e. The molecule has 0 saturated heterocycles. The van der Waals surface area contributed by atoms with Crippen molar-refractivity contribution in [3.05, 3.63) is 46.3 Å². The highest BCUT2D eigenvalue weighted by Crippen LogP contribution is 2.35. The van der Waals surface area contributed by atoms with Gasteiger partial charge in [-0.1, -0.05) is 13.8 Å². The number of carbonyl (C=O) groups is 2. The molecule has 2 aromatic rings. The average molecular weight is 444 g/mol. The van der Waals surface area contributed by atoms with Gasteiger partial charge in [0.25, 0.3) is 11.8 Å². The zero-order chi connectivity index (χ0) is 22.7. The SMILES string of the molecule is CCN(CC)CCNC(=O)c1c(C)[nH]c(/C=C2\C(=O)Nc3ccc(S(=O)[O-])cc32)c1C. The summed E-state index contributed by atoms with van der Waals surface area (Å²) in [5.41, 5.74) is 4.05. The van der Waals surface area contributed by atoms with E-state index in [1.165, 1.54) is 12.1 Å². The second-order valence-electron chi connectivity index (χ2n) is 7.40. The van der Waals surface area contributed by atoms with Crippen LogP contribution in [-0.4, -0.2) is 56.6 Å². The first kappa shape index (κ1) is 22.9. The lowest BCUT2D eigenvalue weighted by atomic mass is 10.0. The molecular weight excluding hydrogens is 416 g/mol. The van der Waals surface area contributed by atoms with E-state index in [4.69, 9.17) is 0 Å². The number of rotatable bonds is 8. The first-order chi connectivity index (χ1) is 14.8. The van der Waals surface area contributed by atoms with Gasteiger partial charge in [0.2, 0.25) is 0 Å². The van der Waals surface area contributed by atoms with E-state index >= 15 is 0 Å². The molecule has 2 heterocycles. The first-order valence-electron chi connectivity index (χ1n) is 10.2. The number of benzene rings is 1. The lowest BCUT2D eigenvalue weighted by Crippen LogP contribution is -2.35. The van der Waals surface area contributed by atoms with E-state index in [9.17, 15) is 18.4 Å². The van der Waals surface area contributed by atoms with Gasteiger partial charge in [0, 0.05) is 40.6 Å². The standard InChI is InChI=1S/C22H28N4O4S/c1-5-26(6-2)10-9-23-22(28)20-13(3)19(24-14(20)4)12-17-16-11-15(31(29)30)7-8-18(16)25-21(17)27/h7-8,11-12,24H,5-6,9-10H2,1-4H3,(H,23,28)(H,25,27)(H,29,30)/p-1/b17-12-. The van der Waals surface area contributed by atoms with Crippen LogP contribution < -0.4 is 10.6 Å². The molecule has 0 saturated carbocycles. The van der Waals surface area contributed by atoms with Gasteiger partial charge in [-0.2, -0.15) is 0 Å². The van der Waals surface area contributed by atoms with Crippen molar-refractivity contribution in [1.29, 1.82) is 0 Å². The Morgan fingerprint density at radius 1 is 1.26 bits per heavy atom. The summed E-state index contributed by atoms with van der Waals surface area (Å²) in [6.45, 7) is 11.0. The minimum atomic E-state index is -2.39. The Kier molecular flexibility index (Phi) is 7.09. The first-order valence-corrected chi connectivity index (χ1v) is 11.3. The lowest BCUT2D eigenvalue weighted by molar-refractivity contribution is -0.110. The molecule has 1 unspecified atom stereocenters. The summed E-state index contributed by atoms with van der Waals surface area (Å²) < 4.78 is 22.6. The number of hydrogen-bond acceptors (Lipinski definition) is 5. The average Bonchev–Trinajstić information content (AvgIpc) is 3.20. The van der Waals surface area contributed by atoms with Gasteiger partial charge in [0.05, 0.1) is 11.1 Å². The van der Waals surface area contributed by atoms with Crippen LogP contribution in [0.4, 0.5) is 5.69 Å². The molecule has 2 amide bonds. The number of aromatic amines is 1. The van der Waals surface area contributed by atoms with E-state index in [2.05, 4.69) is 34.4 Å². The largest absolute Gasteiger partial charge is 0.768 e. The number of nitrogens with one attached hydrogen (secondary N) is 3. The molecule has 9 heteroatoms. The summed E-state index contributed by atoms with van der Waals surface area (Å²) in [5.74, 6) is -0.482. The van der Waals surface area contributed by atoms with Gasteiger partial charge < -0.3 is 25.1 Å². The van der Waals surface area contributed by atoms with Gasteiger partial charge in [0.1, 0.15) is 0 Å². The van der Waals surface area contributed by atoms with Gasteiger partial charge in [-0.05, 0) is 67.9 Å². The highest BCUT2D eigenvalue weighted by atomic mass is 32.2. The summed E-state index contributed by atoms with van der Waals surface area (Å²) in [7, 11) is 0. The molecule has 1 aromatic carbocycles. The van der Waals surface area contributed by atoms with Crippen LogP contribution in [0.1, 0.15) is 46.7 Å². The summed E-state index contributed by atoms with van der Waals surface area (Å²) in [6, 6.07) is 4.48. The summed E-state index contributed by atoms with van der Waals surface area (Å²) >= 11 is -2.39. The molecule has 0 aliphatic carbocycles. The predicted octanol–water partition coefficient (Wildman–Crippen LogP) is 2.43. The molecular formula is C22H27N4O4S-. The maximum atomic E-state index is 12.8. The van der Waals surface area contributed by atoms with E-state index in [0.717, 1.165) is 25.2 Å². The van der Waals surface area contributed by atoms with Crippen LogP contribution in [0.3, 0.4) is 0 Å². The normalized spacial score (nSPS) is 15.3. The number of anilines is 1. The van der Waals surface area contributed by atoms with Crippen LogP contribution in [0, 0.1) is 13.8 Å². The van der Waals surface area contributed by atoms with Crippen LogP contribution in [0.25, 0.3) is 11.6 Å². The molecule has 8 nitrogen and oxygen atoms in total. The maximum absolute atomic E-state index is 12.8. The molecule has 0 radical (unpaired) electrons. The molecule has 1 atom stereocenters. The third-order valence-electron chi connectivity index (χ3n) is 5.57. The third-order valence-corrected chi connectivity index (χ3v) is 6.21. The number of amides is 2. The van der Waals surface area contributed by atoms with Gasteiger partial charge in [-0.25, -0.2) is 0 Å². The van der Waals surface area contributed by atoms with Crippen molar-refractivity contribution in [1.82, 2.24) is 15.2 Å². The second kappa shape index (κ2) is 9.59. The van der Waals surface area contributed by atoms with Gasteiger partial charge in [-0.3, -0.25) is 13.8 Å². The highest BCUT2D eigenvalue weighted by Gasteiger charge is 2.26. The fraction of sp³-hybridized carbons (Fsp3) is 0.364. The zero-order valence-corrected chi connectivity index (χ0v) is 18.9. The Morgan fingerprint density at radius 2 is 1.97 bits per heavy atom. The van der Waals surface area contributed by atoms with Crippen molar-refractivity contribution < 1.29 is 18.4 Å². The number of carbonyl (C=O) groups excluding carboxylic acids is 2. The molecule has 0 bridgehead atoms. The number of likely N-dealkylation sites (N-methyl/N-ethyl adjacent to an activating group) is 1. The van der Waals surface area contributed by atoms with Crippen molar-refractivity contribution in [2.24, 2.45) is 0 Å². The number of fused-ring (bicyclic) bond motifs is 1. The molecule has 3 rings (SSSR count). The van der Waals surface area contributed by atoms with E-state index in [1.807, 2.05) is 13.8 Å². The Balaban J connectivity index is 1.87. The molecule has 0 fully saturated rings. The van der Waals surface area contributed by atoms with E-state index in [-0.39, 0.29) is 16.7 Å². The fourth-order valence-corrected chi connectivity index (χ4v) is 4.17. The summed E-state index contributed by atoms with van der Waals surface area (Å²) in [6.07, 6.45) is 1.66. The van der Waals surface area contributed by atoms with Crippen molar-refractivity contribution >= 4 is 40.2 Å². The molecule has 1 aliphatic heterocycles. The highest BCUT2D eigenvalue weighted by molar-refractivity contribution is 7.79. The van der Waals surface area contributed by atoms with Crippen LogP contribution in [0.2, 0.25) is 0 Å². The van der Waals surface area contributed by atoms with Crippen LogP contribution in [-0.2, 0) is 15.9 Å². The van der Waals surface area contributed by atoms with Crippen LogP contribution in [0.15, 0.2) is 23.1 Å². The monoisotopic (exact) mass is 443 g/mol. The summed E-state index contributed by atoms with van der Waals surface area (Å²) in [4.78, 5) is 30.8. The summed E-state index contributed by atoms with van der Waals surface area (Å²) in [5, 5.41) is 5.70. The van der Waals surface area contributed by atoms with Crippen molar-refractivity contribution in [2.75, 3.05) is 31.5 Å². The quantitative estimate of drug-likeness (QED) is 0.428. The predicted molar refractivity (Wildman–Crippen MR) is 121 cm³/mol. The van der Waals surface area contributed by atoms with Crippen molar-refractivity contribution in [3.8, 4) is 0 Å². The minimum Gasteiger partial charge on any atom is -0.768 e. The topological polar surface area (TPSA) is 117 Å². The van der Waals surface area contributed by atoms with Crippen molar-refractivity contribution in [2.45, 2.75) is 32.6 Å². The van der Waals surface area contributed by atoms with Crippen molar-refractivity contribution in [3.63, 3.8) is 0 Å². The fourth-order valence-electron chi connectivity index (χ4n) is 3.77. The number of H-pyrrole nitrogens is 1. The molecule has 3 N–H and O–H groups in total. The molecule has 1 aliphatic rings. The lowest BCUT2D eigenvalue weighted by Gasteiger charge is -2.18.